The Morgan fingerprint density at radius 2 is 1.73 bits per heavy atom. The summed E-state index contributed by atoms with van der Waals surface area (Å²) in [6.45, 7) is -3.13. The number of halogens is 2. The predicted octanol–water partition coefficient (Wildman–Crippen LogP) is 4.13. The number of nitrogens with zero attached hydrogens (tertiary/aromatic N) is 2. The Morgan fingerprint density at radius 1 is 1.07 bits per heavy atom. The number of carbonyl (C=O) groups excluding carboxylic acids is 1. The summed E-state index contributed by atoms with van der Waals surface area (Å²) >= 11 is 0. The van der Waals surface area contributed by atoms with Crippen molar-refractivity contribution in [1.82, 2.24) is 9.55 Å². The molecule has 160 valence electrons. The van der Waals surface area contributed by atoms with Gasteiger partial charge in [0.15, 0.2) is 17.3 Å². The number of alkyl halides is 2. The summed E-state index contributed by atoms with van der Waals surface area (Å²) in [5, 5.41) is 0. The highest BCUT2D eigenvalue weighted by atomic mass is 19.3. The number of esters is 1. The minimum atomic E-state index is -2.79. The lowest BCUT2D eigenvalue weighted by Gasteiger charge is -2.14. The van der Waals surface area contributed by atoms with Crippen molar-refractivity contribution in [2.45, 2.75) is 26.0 Å². The van der Waals surface area contributed by atoms with E-state index in [9.17, 15) is 13.6 Å². The number of hydrogen-bond donors (Lipinski definition) is 0. The fourth-order valence-electron chi connectivity index (χ4n) is 3.16. The topological polar surface area (TPSA) is 71.8 Å². The van der Waals surface area contributed by atoms with E-state index in [1.807, 2.05) is 0 Å². The maximum Gasteiger partial charge on any atom is 0.320 e. The molecule has 1 aromatic heterocycles. The number of fused-ring (bicyclic) bond motifs is 1. The molecular weight excluding hydrogens is 398 g/mol. The summed E-state index contributed by atoms with van der Waals surface area (Å²) in [6.07, 6.45) is 0.397. The highest BCUT2D eigenvalue weighted by Crippen LogP contribution is 2.38. The average molecular weight is 420 g/mol. The maximum atomic E-state index is 13.4. The zero-order valence-corrected chi connectivity index (χ0v) is 16.9. The quantitative estimate of drug-likeness (QED) is 0.485. The largest absolute Gasteiger partial charge is 0.493 e. The molecule has 0 bridgehead atoms. The summed E-state index contributed by atoms with van der Waals surface area (Å²) in [7, 11) is 4.51. The molecule has 0 aliphatic heterocycles. The van der Waals surface area contributed by atoms with E-state index in [4.69, 9.17) is 18.9 Å². The Morgan fingerprint density at radius 3 is 2.33 bits per heavy atom. The molecule has 0 spiro atoms. The lowest BCUT2D eigenvalue weighted by atomic mass is 10.1. The summed E-state index contributed by atoms with van der Waals surface area (Å²) in [5.74, 6) is 0.873. The van der Waals surface area contributed by atoms with Gasteiger partial charge in [-0.05, 0) is 36.2 Å². The Bertz CT molecular complexity index is 1010. The van der Waals surface area contributed by atoms with Crippen LogP contribution in [0, 0.1) is 0 Å². The van der Waals surface area contributed by atoms with Crippen LogP contribution in [0.5, 0.6) is 17.2 Å². The van der Waals surface area contributed by atoms with Crippen LogP contribution >= 0.6 is 0 Å². The van der Waals surface area contributed by atoms with E-state index in [-0.39, 0.29) is 24.4 Å². The number of ether oxygens (including phenoxy) is 4. The van der Waals surface area contributed by atoms with Crippen LogP contribution in [0.1, 0.15) is 24.4 Å². The minimum absolute atomic E-state index is 0.00710. The van der Waals surface area contributed by atoms with E-state index in [0.29, 0.717) is 29.2 Å². The van der Waals surface area contributed by atoms with Crippen molar-refractivity contribution >= 4 is 17.0 Å². The van der Waals surface area contributed by atoms with Crippen molar-refractivity contribution in [3.8, 4) is 17.2 Å². The van der Waals surface area contributed by atoms with Crippen LogP contribution in [0.15, 0.2) is 36.4 Å². The number of aryl methyl sites for hydroxylation is 1. The van der Waals surface area contributed by atoms with Crippen molar-refractivity contribution in [3.63, 3.8) is 0 Å². The number of carbonyl (C=O) groups is 1. The van der Waals surface area contributed by atoms with Crippen LogP contribution in [0.2, 0.25) is 0 Å². The molecule has 0 saturated carbocycles. The zero-order chi connectivity index (χ0) is 21.7. The summed E-state index contributed by atoms with van der Waals surface area (Å²) in [5.41, 5.74) is 1.48. The highest BCUT2D eigenvalue weighted by molar-refractivity contribution is 5.76. The van der Waals surface area contributed by atoms with Gasteiger partial charge in [-0.25, -0.2) is 4.98 Å². The van der Waals surface area contributed by atoms with Crippen LogP contribution in [0.25, 0.3) is 11.0 Å². The van der Waals surface area contributed by atoms with E-state index in [1.54, 1.807) is 36.4 Å². The molecule has 1 heterocycles. The van der Waals surface area contributed by atoms with Gasteiger partial charge in [0.2, 0.25) is 5.75 Å². The number of methoxy groups -OCH3 is 3. The molecule has 2 aromatic carbocycles. The number of rotatable bonds is 9. The predicted molar refractivity (Wildman–Crippen MR) is 105 cm³/mol. The first-order chi connectivity index (χ1) is 14.5. The summed E-state index contributed by atoms with van der Waals surface area (Å²) < 4.78 is 48.7. The number of para-hydroxylation sites is 2. The van der Waals surface area contributed by atoms with Crippen molar-refractivity contribution in [3.05, 3.63) is 47.8 Å². The van der Waals surface area contributed by atoms with Crippen LogP contribution < -0.4 is 14.2 Å². The first-order valence-corrected chi connectivity index (χ1v) is 9.17. The molecule has 9 heteroatoms. The van der Waals surface area contributed by atoms with Gasteiger partial charge in [0, 0.05) is 6.42 Å². The number of imidazole rings is 1. The minimum Gasteiger partial charge on any atom is -0.493 e. The second kappa shape index (κ2) is 9.43. The standard InChI is InChI=1S/C21H22F2N2O5/c1-27-16-10-13(11-17(28-2)20(16)29-3)8-9-19(26)30-12-18-24-14-6-4-5-7-15(14)25(18)21(22)23/h4-7,10-11,21H,8-9,12H2,1-3H3. The molecule has 0 aliphatic rings. The van der Waals surface area contributed by atoms with Gasteiger partial charge >= 0.3 is 12.5 Å². The van der Waals surface area contributed by atoms with E-state index in [0.717, 1.165) is 10.1 Å². The average Bonchev–Trinajstić information content (AvgIpc) is 3.14. The third-order valence-electron chi connectivity index (χ3n) is 4.57. The third kappa shape index (κ3) is 4.45. The maximum absolute atomic E-state index is 13.4. The van der Waals surface area contributed by atoms with Gasteiger partial charge < -0.3 is 18.9 Å². The molecule has 0 radical (unpaired) electrons. The number of aromatic nitrogens is 2. The molecule has 0 saturated heterocycles. The normalized spacial score (nSPS) is 11.0. The molecule has 30 heavy (non-hydrogen) atoms. The van der Waals surface area contributed by atoms with E-state index in [2.05, 4.69) is 4.98 Å². The van der Waals surface area contributed by atoms with Crippen molar-refractivity contribution in [2.75, 3.05) is 21.3 Å². The SMILES string of the molecule is COc1cc(CCC(=O)OCc2nc3ccccc3n2C(F)F)cc(OC)c1OC. The number of hydrogen-bond acceptors (Lipinski definition) is 6. The van der Waals surface area contributed by atoms with Gasteiger partial charge in [0.25, 0.3) is 0 Å². The summed E-state index contributed by atoms with van der Waals surface area (Å²) in [4.78, 5) is 16.3. The van der Waals surface area contributed by atoms with Crippen molar-refractivity contribution < 1.29 is 32.5 Å². The molecule has 7 nitrogen and oxygen atoms in total. The molecule has 0 unspecified atom stereocenters. The van der Waals surface area contributed by atoms with E-state index < -0.39 is 12.5 Å². The lowest BCUT2D eigenvalue weighted by molar-refractivity contribution is -0.145. The molecule has 0 aliphatic carbocycles. The molecule has 0 fully saturated rings. The van der Waals surface area contributed by atoms with Crippen molar-refractivity contribution in [1.29, 1.82) is 0 Å². The second-order valence-electron chi connectivity index (χ2n) is 6.36. The molecule has 3 aromatic rings. The molecule has 0 amide bonds. The highest BCUT2D eigenvalue weighted by Gasteiger charge is 2.19. The van der Waals surface area contributed by atoms with Crippen LogP contribution in [0.4, 0.5) is 8.78 Å². The van der Waals surface area contributed by atoms with Gasteiger partial charge in [-0.2, -0.15) is 8.78 Å². The smallest absolute Gasteiger partial charge is 0.320 e. The molecule has 0 N–H and O–H groups in total. The molecular formula is C21H22F2N2O5. The van der Waals surface area contributed by atoms with E-state index >= 15 is 0 Å². The fourth-order valence-corrected chi connectivity index (χ4v) is 3.16. The van der Waals surface area contributed by atoms with Crippen molar-refractivity contribution in [2.24, 2.45) is 0 Å². The van der Waals surface area contributed by atoms with Crippen LogP contribution in [-0.4, -0.2) is 36.8 Å². The van der Waals surface area contributed by atoms with Gasteiger partial charge in [-0.3, -0.25) is 9.36 Å². The first-order valence-electron chi connectivity index (χ1n) is 9.17. The molecule has 3 rings (SSSR count). The summed E-state index contributed by atoms with van der Waals surface area (Å²) in [6, 6.07) is 10.0. The second-order valence-corrected chi connectivity index (χ2v) is 6.36. The Labute approximate surface area is 172 Å². The van der Waals surface area contributed by atoms with Crippen LogP contribution in [-0.2, 0) is 22.6 Å². The van der Waals surface area contributed by atoms with Gasteiger partial charge in [0.05, 0.1) is 32.4 Å². The third-order valence-corrected chi connectivity index (χ3v) is 4.57. The zero-order valence-electron chi connectivity index (χ0n) is 16.9. The van der Waals surface area contributed by atoms with E-state index in [1.165, 1.54) is 21.3 Å². The monoisotopic (exact) mass is 420 g/mol. The van der Waals surface area contributed by atoms with Gasteiger partial charge in [-0.1, -0.05) is 12.1 Å². The lowest BCUT2D eigenvalue weighted by Crippen LogP contribution is -2.11. The van der Waals surface area contributed by atoms with Crippen LogP contribution in [0.3, 0.4) is 0 Å². The first kappa shape index (κ1) is 21.4. The Balaban J connectivity index is 1.66. The fraction of sp³-hybridized carbons (Fsp3) is 0.333. The Kier molecular flexibility index (Phi) is 6.71. The Hall–Kier alpha value is -3.36. The number of benzene rings is 2. The molecule has 0 atom stereocenters. The van der Waals surface area contributed by atoms with Gasteiger partial charge in [0.1, 0.15) is 6.61 Å². The van der Waals surface area contributed by atoms with Gasteiger partial charge in [-0.15, -0.1) is 0 Å².